The SMILES string of the molecule is C=C(C(=O)N1C2CCC1CC2)c1cc2c(CCN3CCC(CC(=O)NC4CCCC4)C3)c(-c3cc(C)cc(C)c3)[nH]c2s1. The van der Waals surface area contributed by atoms with E-state index in [2.05, 4.69) is 64.8 Å². The second-order valence-corrected chi connectivity index (χ2v) is 14.9. The molecule has 1 aliphatic carbocycles. The number of carbonyl (C=O) groups excluding carboxylic acids is 2. The Hall–Kier alpha value is -2.90. The predicted molar refractivity (Wildman–Crippen MR) is 176 cm³/mol. The molecule has 3 aromatic rings. The van der Waals surface area contributed by atoms with Crippen molar-refractivity contribution in [3.8, 4) is 11.3 Å². The van der Waals surface area contributed by atoms with Gasteiger partial charge in [0.05, 0.1) is 5.69 Å². The number of fused-ring (bicyclic) bond motifs is 3. The molecule has 43 heavy (non-hydrogen) atoms. The highest BCUT2D eigenvalue weighted by Gasteiger charge is 2.43. The lowest BCUT2D eigenvalue weighted by Crippen LogP contribution is -2.35. The molecule has 0 spiro atoms. The fraction of sp³-hybridized carbons (Fsp3) is 0.556. The quantitative estimate of drug-likeness (QED) is 0.261. The Labute approximate surface area is 259 Å². The number of H-pyrrole nitrogens is 1. The Bertz CT molecular complexity index is 1510. The Balaban J connectivity index is 1.09. The number of hydrogen-bond acceptors (Lipinski definition) is 4. The molecule has 7 heteroatoms. The van der Waals surface area contributed by atoms with Crippen molar-refractivity contribution >= 4 is 38.9 Å². The maximum Gasteiger partial charge on any atom is 0.255 e. The lowest BCUT2D eigenvalue weighted by atomic mass is 9.99. The molecule has 3 saturated heterocycles. The van der Waals surface area contributed by atoms with E-state index in [1.54, 1.807) is 11.3 Å². The third-order valence-corrected chi connectivity index (χ3v) is 11.7. The first kappa shape index (κ1) is 28.8. The molecule has 6 nitrogen and oxygen atoms in total. The van der Waals surface area contributed by atoms with E-state index in [1.807, 2.05) is 0 Å². The number of hydrogen-bond donors (Lipinski definition) is 2. The lowest BCUT2D eigenvalue weighted by Gasteiger charge is -2.22. The molecular weight excluding hydrogens is 552 g/mol. The maximum atomic E-state index is 13.5. The van der Waals surface area contributed by atoms with Crippen molar-refractivity contribution in [1.82, 2.24) is 20.1 Å². The molecular formula is C36H46N4O2S. The van der Waals surface area contributed by atoms with E-state index in [4.69, 9.17) is 0 Å². The summed E-state index contributed by atoms with van der Waals surface area (Å²) in [7, 11) is 0. The van der Waals surface area contributed by atoms with Crippen LogP contribution in [-0.4, -0.2) is 64.4 Å². The molecule has 2 bridgehead atoms. The number of aryl methyl sites for hydroxylation is 2. The number of benzene rings is 1. The van der Waals surface area contributed by atoms with Crippen LogP contribution >= 0.6 is 11.3 Å². The molecule has 5 heterocycles. The average Bonchev–Trinajstić information content (AvgIpc) is 3.81. The summed E-state index contributed by atoms with van der Waals surface area (Å²) in [5, 5.41) is 4.50. The smallest absolute Gasteiger partial charge is 0.255 e. The van der Waals surface area contributed by atoms with Gasteiger partial charge in [-0.2, -0.15) is 0 Å². The van der Waals surface area contributed by atoms with E-state index in [9.17, 15) is 9.59 Å². The zero-order valence-electron chi connectivity index (χ0n) is 25.8. The van der Waals surface area contributed by atoms with Gasteiger partial charge in [0.15, 0.2) is 0 Å². The van der Waals surface area contributed by atoms with Crippen molar-refractivity contribution in [2.45, 2.75) is 103 Å². The fourth-order valence-electron chi connectivity index (χ4n) is 8.48. The van der Waals surface area contributed by atoms with Crippen LogP contribution in [0, 0.1) is 19.8 Å². The topological polar surface area (TPSA) is 68.4 Å². The molecule has 0 radical (unpaired) electrons. The van der Waals surface area contributed by atoms with Gasteiger partial charge in [-0.1, -0.05) is 36.6 Å². The van der Waals surface area contributed by atoms with Gasteiger partial charge in [-0.25, -0.2) is 0 Å². The monoisotopic (exact) mass is 598 g/mol. The molecule has 1 aromatic carbocycles. The van der Waals surface area contributed by atoms with Gasteiger partial charge in [0.2, 0.25) is 5.91 Å². The Morgan fingerprint density at radius 2 is 1.67 bits per heavy atom. The molecule has 2 amide bonds. The molecule has 2 N–H and O–H groups in total. The molecule has 1 saturated carbocycles. The van der Waals surface area contributed by atoms with Gasteiger partial charge in [0.1, 0.15) is 4.83 Å². The summed E-state index contributed by atoms with van der Waals surface area (Å²) in [6, 6.07) is 10.2. The predicted octanol–water partition coefficient (Wildman–Crippen LogP) is 6.99. The number of aromatic amines is 1. The number of thiophene rings is 1. The number of rotatable bonds is 9. The molecule has 1 atom stereocenters. The molecule has 4 fully saturated rings. The first-order chi connectivity index (χ1) is 20.8. The van der Waals surface area contributed by atoms with Crippen molar-refractivity contribution in [2.75, 3.05) is 19.6 Å². The Morgan fingerprint density at radius 3 is 2.37 bits per heavy atom. The van der Waals surface area contributed by atoms with Crippen LogP contribution in [0.15, 0.2) is 30.8 Å². The maximum absolute atomic E-state index is 13.5. The largest absolute Gasteiger partial charge is 0.353 e. The van der Waals surface area contributed by atoms with E-state index in [0.717, 1.165) is 80.7 Å². The van der Waals surface area contributed by atoms with Crippen molar-refractivity contribution in [2.24, 2.45) is 5.92 Å². The first-order valence-electron chi connectivity index (χ1n) is 16.6. The molecule has 1 unspecified atom stereocenters. The van der Waals surface area contributed by atoms with Crippen LogP contribution in [0.4, 0.5) is 0 Å². The Kier molecular flexibility index (Phi) is 7.97. The van der Waals surface area contributed by atoms with Gasteiger partial charge in [-0.05, 0) is 107 Å². The van der Waals surface area contributed by atoms with Crippen LogP contribution in [-0.2, 0) is 16.0 Å². The van der Waals surface area contributed by atoms with Crippen LogP contribution in [0.5, 0.6) is 0 Å². The van der Waals surface area contributed by atoms with Crippen molar-refractivity contribution < 1.29 is 9.59 Å². The molecule has 2 aromatic heterocycles. The van der Waals surface area contributed by atoms with Crippen LogP contribution in [0.25, 0.3) is 27.0 Å². The van der Waals surface area contributed by atoms with Crippen LogP contribution in [0.2, 0.25) is 0 Å². The van der Waals surface area contributed by atoms with Gasteiger partial charge in [-0.3, -0.25) is 9.59 Å². The highest BCUT2D eigenvalue weighted by Crippen LogP contribution is 2.42. The summed E-state index contributed by atoms with van der Waals surface area (Å²) in [6.07, 6.45) is 12.0. The average molecular weight is 599 g/mol. The molecule has 3 aliphatic heterocycles. The summed E-state index contributed by atoms with van der Waals surface area (Å²) >= 11 is 1.67. The number of carbonyl (C=O) groups is 2. The number of amides is 2. The third kappa shape index (κ3) is 5.83. The summed E-state index contributed by atoms with van der Waals surface area (Å²) in [6.45, 7) is 11.6. The molecule has 228 valence electrons. The van der Waals surface area contributed by atoms with Gasteiger partial charge >= 0.3 is 0 Å². The number of likely N-dealkylation sites (tertiary alicyclic amines) is 1. The number of nitrogens with zero attached hydrogens (tertiary/aromatic N) is 2. The molecule has 7 rings (SSSR count). The summed E-state index contributed by atoms with van der Waals surface area (Å²) in [5.41, 5.74) is 6.91. The lowest BCUT2D eigenvalue weighted by molar-refractivity contribution is -0.126. The van der Waals surface area contributed by atoms with Gasteiger partial charge in [0.25, 0.3) is 5.91 Å². The van der Waals surface area contributed by atoms with Gasteiger partial charge in [-0.15, -0.1) is 11.3 Å². The van der Waals surface area contributed by atoms with E-state index in [0.29, 0.717) is 36.0 Å². The van der Waals surface area contributed by atoms with Crippen LogP contribution in [0.3, 0.4) is 0 Å². The fourth-order valence-corrected chi connectivity index (χ4v) is 9.53. The zero-order valence-corrected chi connectivity index (χ0v) is 26.7. The Morgan fingerprint density at radius 1 is 0.977 bits per heavy atom. The minimum absolute atomic E-state index is 0.130. The van der Waals surface area contributed by atoms with Gasteiger partial charge in [0, 0.05) is 53.5 Å². The van der Waals surface area contributed by atoms with E-state index in [-0.39, 0.29) is 11.8 Å². The standard InChI is InChI=1S/C36H46N4O2S/c1-22-16-23(2)18-26(17-22)34-30(13-15-39-14-12-25(21-39)19-33(41)37-27-6-4-5-7-27)31-20-32(43-35(31)38-34)24(3)36(42)40-28-8-9-29(40)11-10-28/h16-18,20,25,27-29,38H,3-15,19,21H2,1-2H3,(H,37,41). The van der Waals surface area contributed by atoms with Crippen molar-refractivity contribution in [1.29, 1.82) is 0 Å². The summed E-state index contributed by atoms with van der Waals surface area (Å²) in [5.74, 6) is 0.810. The minimum atomic E-state index is 0.130. The highest BCUT2D eigenvalue weighted by atomic mass is 32.1. The van der Waals surface area contributed by atoms with Crippen molar-refractivity contribution in [3.05, 3.63) is 52.4 Å². The van der Waals surface area contributed by atoms with Crippen LogP contribution in [0.1, 0.15) is 85.8 Å². The number of aromatic nitrogens is 1. The van der Waals surface area contributed by atoms with Gasteiger partial charge < -0.3 is 20.1 Å². The zero-order chi connectivity index (χ0) is 29.7. The molecule has 4 aliphatic rings. The highest BCUT2D eigenvalue weighted by molar-refractivity contribution is 7.20. The second kappa shape index (κ2) is 11.9. The third-order valence-electron chi connectivity index (χ3n) is 10.6. The van der Waals surface area contributed by atoms with E-state index < -0.39 is 0 Å². The minimum Gasteiger partial charge on any atom is -0.353 e. The summed E-state index contributed by atoms with van der Waals surface area (Å²) in [4.78, 5) is 36.8. The summed E-state index contributed by atoms with van der Waals surface area (Å²) < 4.78 is 0. The number of nitrogens with one attached hydrogen (secondary N) is 2. The van der Waals surface area contributed by atoms with Crippen molar-refractivity contribution in [3.63, 3.8) is 0 Å². The van der Waals surface area contributed by atoms with Crippen LogP contribution < -0.4 is 5.32 Å². The van der Waals surface area contributed by atoms with E-state index in [1.165, 1.54) is 46.2 Å². The second-order valence-electron chi connectivity index (χ2n) is 13.8. The first-order valence-corrected chi connectivity index (χ1v) is 17.4. The van der Waals surface area contributed by atoms with E-state index >= 15 is 0 Å². The normalized spacial score (nSPS) is 24.0.